The monoisotopic (exact) mass is 586 g/mol. The first-order valence-electron chi connectivity index (χ1n) is 13.9. The van der Waals surface area contributed by atoms with Gasteiger partial charge in [0.2, 0.25) is 20.0 Å². The number of benzene rings is 1. The summed E-state index contributed by atoms with van der Waals surface area (Å²) in [6.07, 6.45) is 8.84. The van der Waals surface area contributed by atoms with E-state index >= 15 is 0 Å². The molecule has 0 aliphatic rings. The summed E-state index contributed by atoms with van der Waals surface area (Å²) >= 11 is 0. The molecule has 2 unspecified atom stereocenters. The minimum atomic E-state index is -3.41. The Morgan fingerprint density at radius 1 is 0.949 bits per heavy atom. The first-order chi connectivity index (χ1) is 18.1. The maximum Gasteiger partial charge on any atom is 0.213 e. The lowest BCUT2D eigenvalue weighted by molar-refractivity contribution is -0.0527. The largest absolute Gasteiger partial charge is 0.377 e. The molecule has 0 aromatic heterocycles. The fraction of sp³-hybridized carbons (Fsp3) is 0.724. The first kappa shape index (κ1) is 35.5. The number of terminal acetylenes is 1. The number of rotatable bonds is 20. The summed E-state index contributed by atoms with van der Waals surface area (Å²) < 4.78 is 66.3. The van der Waals surface area contributed by atoms with E-state index in [1.54, 1.807) is 27.7 Å². The molecule has 0 fully saturated rings. The summed E-state index contributed by atoms with van der Waals surface area (Å²) in [5.74, 6) is 2.56. The highest BCUT2D eigenvalue weighted by Gasteiger charge is 2.23. The Labute approximate surface area is 238 Å². The molecule has 2 atom stereocenters. The van der Waals surface area contributed by atoms with Crippen LogP contribution >= 0.6 is 0 Å². The molecule has 1 aromatic carbocycles. The van der Waals surface area contributed by atoms with Crippen LogP contribution in [0.2, 0.25) is 0 Å². The first-order valence-corrected chi connectivity index (χ1v) is 17.0. The number of hydrogen-bond donors (Lipinski definition) is 2. The van der Waals surface area contributed by atoms with Crippen LogP contribution < -0.4 is 9.44 Å². The quantitative estimate of drug-likeness (QED) is 0.220. The molecule has 0 aliphatic heterocycles. The molecule has 0 aliphatic carbocycles. The highest BCUT2D eigenvalue weighted by Crippen LogP contribution is 2.23. The third-order valence-electron chi connectivity index (χ3n) is 6.76. The van der Waals surface area contributed by atoms with Crippen LogP contribution in [0, 0.1) is 12.3 Å². The van der Waals surface area contributed by atoms with Crippen molar-refractivity contribution in [2.24, 2.45) is 0 Å². The maximum absolute atomic E-state index is 12.4. The molecule has 1 rings (SSSR count). The molecule has 2 N–H and O–H groups in total. The Morgan fingerprint density at radius 3 is 2.08 bits per heavy atom. The van der Waals surface area contributed by atoms with Crippen molar-refractivity contribution in [3.05, 3.63) is 35.4 Å². The molecule has 224 valence electrons. The van der Waals surface area contributed by atoms with Crippen LogP contribution in [0.25, 0.3) is 0 Å². The summed E-state index contributed by atoms with van der Waals surface area (Å²) in [6, 6.07) is 7.89. The zero-order valence-corrected chi connectivity index (χ0v) is 26.5. The summed E-state index contributed by atoms with van der Waals surface area (Å²) in [4.78, 5) is 0. The molecule has 0 saturated carbocycles. The van der Waals surface area contributed by atoms with Crippen molar-refractivity contribution in [3.63, 3.8) is 0 Å². The zero-order valence-electron chi connectivity index (χ0n) is 24.8. The average Bonchev–Trinajstić information content (AvgIpc) is 2.85. The van der Waals surface area contributed by atoms with Crippen molar-refractivity contribution in [2.75, 3.05) is 26.3 Å². The van der Waals surface area contributed by atoms with E-state index in [1.807, 2.05) is 38.1 Å². The molecular formula is C29H50N2O6S2. The van der Waals surface area contributed by atoms with E-state index in [-0.39, 0.29) is 18.6 Å². The van der Waals surface area contributed by atoms with E-state index < -0.39 is 36.1 Å². The standard InChI is InChI=1S/C29H50N2O6S2/c1-9-11-28(10-2)36-21-18-29(7,8)37-20-17-27(22-31-39(34,35)24(5)6)26-14-12-25(13-15-26)16-19-30-38(32,33)23(3)4/h1,12-15,23-24,27-28,30-31H,10-11,16-22H2,2-8H3. The summed E-state index contributed by atoms with van der Waals surface area (Å²) in [7, 11) is -6.71. The Balaban J connectivity index is 2.80. The molecule has 8 nitrogen and oxygen atoms in total. The Bertz CT molecular complexity index is 1090. The van der Waals surface area contributed by atoms with E-state index in [2.05, 4.69) is 22.3 Å². The van der Waals surface area contributed by atoms with Crippen molar-refractivity contribution in [1.82, 2.24) is 9.44 Å². The molecule has 0 amide bonds. The zero-order chi connectivity index (χ0) is 29.7. The summed E-state index contributed by atoms with van der Waals surface area (Å²) in [5, 5.41) is -0.997. The summed E-state index contributed by atoms with van der Waals surface area (Å²) in [6.45, 7) is 14.3. The third kappa shape index (κ3) is 13.6. The van der Waals surface area contributed by atoms with Crippen LogP contribution in [0.5, 0.6) is 0 Å². The van der Waals surface area contributed by atoms with Crippen molar-refractivity contribution < 1.29 is 26.3 Å². The topological polar surface area (TPSA) is 111 Å². The van der Waals surface area contributed by atoms with Gasteiger partial charge in [0.1, 0.15) is 0 Å². The van der Waals surface area contributed by atoms with Gasteiger partial charge in [0.15, 0.2) is 0 Å². The van der Waals surface area contributed by atoms with Gasteiger partial charge in [-0.25, -0.2) is 26.3 Å². The average molecular weight is 587 g/mol. The summed E-state index contributed by atoms with van der Waals surface area (Å²) in [5.41, 5.74) is 1.60. The minimum Gasteiger partial charge on any atom is -0.377 e. The molecule has 0 radical (unpaired) electrons. The van der Waals surface area contributed by atoms with E-state index in [0.29, 0.717) is 45.4 Å². The van der Waals surface area contributed by atoms with Crippen LogP contribution in [-0.2, 0) is 35.9 Å². The number of ether oxygens (including phenoxy) is 2. The highest BCUT2D eigenvalue weighted by atomic mass is 32.2. The van der Waals surface area contributed by atoms with Crippen LogP contribution in [0.1, 0.15) is 91.2 Å². The lowest BCUT2D eigenvalue weighted by Gasteiger charge is -2.28. The van der Waals surface area contributed by atoms with Gasteiger partial charge in [0.05, 0.1) is 22.2 Å². The van der Waals surface area contributed by atoms with Crippen molar-refractivity contribution in [3.8, 4) is 12.3 Å². The Kier molecular flexibility index (Phi) is 15.2. The van der Waals surface area contributed by atoms with Gasteiger partial charge < -0.3 is 9.47 Å². The van der Waals surface area contributed by atoms with E-state index in [1.165, 1.54) is 0 Å². The maximum atomic E-state index is 12.4. The molecule has 1 aromatic rings. The minimum absolute atomic E-state index is 0.0579. The van der Waals surface area contributed by atoms with Crippen molar-refractivity contribution in [2.45, 2.75) is 109 Å². The van der Waals surface area contributed by atoms with E-state index in [4.69, 9.17) is 15.9 Å². The van der Waals surface area contributed by atoms with Gasteiger partial charge in [-0.05, 0) is 84.3 Å². The fourth-order valence-electron chi connectivity index (χ4n) is 3.70. The van der Waals surface area contributed by atoms with Gasteiger partial charge in [-0.2, -0.15) is 0 Å². The lowest BCUT2D eigenvalue weighted by atomic mass is 9.94. The van der Waals surface area contributed by atoms with Crippen LogP contribution in [-0.4, -0.2) is 65.3 Å². The van der Waals surface area contributed by atoms with Gasteiger partial charge in [-0.3, -0.25) is 0 Å². The van der Waals surface area contributed by atoms with Crippen molar-refractivity contribution in [1.29, 1.82) is 0 Å². The van der Waals surface area contributed by atoms with Crippen LogP contribution in [0.4, 0.5) is 0 Å². The Hall–Kier alpha value is -1.48. The number of nitrogens with one attached hydrogen (secondary N) is 2. The number of hydrogen-bond acceptors (Lipinski definition) is 6. The second-order valence-corrected chi connectivity index (χ2v) is 15.7. The predicted molar refractivity (Wildman–Crippen MR) is 160 cm³/mol. The van der Waals surface area contributed by atoms with E-state index in [9.17, 15) is 16.8 Å². The SMILES string of the molecule is C#CCC(CC)OCCC(C)(C)OCCC(CNS(=O)(=O)C(C)C)c1ccc(CCNS(=O)(=O)C(C)C)cc1. The van der Waals surface area contributed by atoms with Crippen LogP contribution in [0.3, 0.4) is 0 Å². The van der Waals surface area contributed by atoms with Gasteiger partial charge in [0, 0.05) is 32.7 Å². The normalized spacial score (nSPS) is 14.5. The molecule has 0 heterocycles. The van der Waals surface area contributed by atoms with Gasteiger partial charge >= 0.3 is 0 Å². The smallest absolute Gasteiger partial charge is 0.213 e. The van der Waals surface area contributed by atoms with Gasteiger partial charge in [-0.15, -0.1) is 12.3 Å². The molecule has 10 heteroatoms. The molecule has 0 spiro atoms. The second kappa shape index (κ2) is 16.7. The highest BCUT2D eigenvalue weighted by molar-refractivity contribution is 7.90. The predicted octanol–water partition coefficient (Wildman–Crippen LogP) is 4.36. The lowest BCUT2D eigenvalue weighted by Crippen LogP contribution is -2.34. The molecule has 0 bridgehead atoms. The number of sulfonamides is 2. The molecule has 39 heavy (non-hydrogen) atoms. The second-order valence-electron chi connectivity index (χ2n) is 11.1. The fourth-order valence-corrected chi connectivity index (χ4v) is 5.19. The third-order valence-corrected chi connectivity index (χ3v) is 10.4. The Morgan fingerprint density at radius 2 is 1.54 bits per heavy atom. The molecular weight excluding hydrogens is 536 g/mol. The van der Waals surface area contributed by atoms with Gasteiger partial charge in [-0.1, -0.05) is 31.2 Å². The van der Waals surface area contributed by atoms with E-state index in [0.717, 1.165) is 17.5 Å². The van der Waals surface area contributed by atoms with Crippen molar-refractivity contribution >= 4 is 20.0 Å². The molecule has 0 saturated heterocycles. The van der Waals surface area contributed by atoms with Crippen LogP contribution in [0.15, 0.2) is 24.3 Å². The van der Waals surface area contributed by atoms with Gasteiger partial charge in [0.25, 0.3) is 0 Å².